The fourth-order valence-corrected chi connectivity index (χ4v) is 1.88. The van der Waals surface area contributed by atoms with Crippen molar-refractivity contribution in [1.29, 1.82) is 0 Å². The Morgan fingerprint density at radius 1 is 1.36 bits per heavy atom. The van der Waals surface area contributed by atoms with Crippen molar-refractivity contribution in [3.63, 3.8) is 0 Å². The van der Waals surface area contributed by atoms with Crippen LogP contribution in [0.2, 0.25) is 0 Å². The van der Waals surface area contributed by atoms with Gasteiger partial charge in [0.1, 0.15) is 5.82 Å². The van der Waals surface area contributed by atoms with Gasteiger partial charge in [-0.1, -0.05) is 6.08 Å². The molecule has 22 heavy (non-hydrogen) atoms. The van der Waals surface area contributed by atoms with Crippen molar-refractivity contribution < 1.29 is 9.18 Å². The number of nitrogens with zero attached hydrogens (tertiary/aromatic N) is 2. The molecule has 0 radical (unpaired) electrons. The molecule has 6 heteroatoms. The molecule has 0 unspecified atom stereocenters. The van der Waals surface area contributed by atoms with Crippen LogP contribution >= 0.6 is 0 Å². The fraction of sp³-hybridized carbons (Fsp3) is 0.188. The highest BCUT2D eigenvalue weighted by Gasteiger charge is 2.03. The van der Waals surface area contributed by atoms with E-state index in [9.17, 15) is 14.0 Å². The zero-order valence-electron chi connectivity index (χ0n) is 12.1. The van der Waals surface area contributed by atoms with Gasteiger partial charge in [-0.05, 0) is 37.3 Å². The number of hydrogen-bond donors (Lipinski definition) is 1. The Kier molecular flexibility index (Phi) is 5.19. The van der Waals surface area contributed by atoms with E-state index in [0.717, 1.165) is 0 Å². The van der Waals surface area contributed by atoms with Crippen molar-refractivity contribution in [1.82, 2.24) is 14.9 Å². The predicted molar refractivity (Wildman–Crippen MR) is 81.7 cm³/mol. The summed E-state index contributed by atoms with van der Waals surface area (Å²) < 4.78 is 14.3. The Labute approximate surface area is 127 Å². The molecule has 1 heterocycles. The first-order valence-electron chi connectivity index (χ1n) is 6.83. The first kappa shape index (κ1) is 15.6. The maximum absolute atomic E-state index is 12.9. The summed E-state index contributed by atoms with van der Waals surface area (Å²) in [7, 11) is 0. The van der Waals surface area contributed by atoms with Crippen LogP contribution in [-0.2, 0) is 11.3 Å². The highest BCUT2D eigenvalue weighted by atomic mass is 19.1. The van der Waals surface area contributed by atoms with E-state index in [0.29, 0.717) is 24.3 Å². The van der Waals surface area contributed by atoms with Crippen molar-refractivity contribution in [3.8, 4) is 11.3 Å². The molecule has 0 atom stereocenters. The van der Waals surface area contributed by atoms with Gasteiger partial charge in [0.05, 0.1) is 12.0 Å². The normalized spacial score (nSPS) is 10.8. The summed E-state index contributed by atoms with van der Waals surface area (Å²) in [5, 5.41) is 2.66. The number of allylic oxidation sites excluding steroid dienone is 1. The second-order valence-electron chi connectivity index (χ2n) is 4.60. The molecule has 0 aliphatic rings. The van der Waals surface area contributed by atoms with Gasteiger partial charge in [-0.25, -0.2) is 9.37 Å². The standard InChI is InChI=1S/C16H16FN3O2/c1-2-3-15(21)18-8-9-20-11-19-14(10-16(20)22)12-4-6-13(17)7-5-12/h2-7,10-11H,8-9H2,1H3,(H,18,21)/b3-2+. The van der Waals surface area contributed by atoms with Crippen LogP contribution < -0.4 is 10.9 Å². The molecule has 1 aromatic carbocycles. The number of rotatable bonds is 5. The molecule has 0 bridgehead atoms. The van der Waals surface area contributed by atoms with Gasteiger partial charge in [-0.2, -0.15) is 0 Å². The third-order valence-corrected chi connectivity index (χ3v) is 2.99. The van der Waals surface area contributed by atoms with Crippen LogP contribution in [-0.4, -0.2) is 22.0 Å². The van der Waals surface area contributed by atoms with E-state index < -0.39 is 0 Å². The predicted octanol–water partition coefficient (Wildman–Crippen LogP) is 1.74. The summed E-state index contributed by atoms with van der Waals surface area (Å²) >= 11 is 0. The summed E-state index contributed by atoms with van der Waals surface area (Å²) in [5.41, 5.74) is 0.931. The second-order valence-corrected chi connectivity index (χ2v) is 4.60. The van der Waals surface area contributed by atoms with Crippen LogP contribution in [0.15, 0.2) is 53.6 Å². The van der Waals surface area contributed by atoms with Gasteiger partial charge in [-0.15, -0.1) is 0 Å². The van der Waals surface area contributed by atoms with Gasteiger partial charge in [0.15, 0.2) is 0 Å². The third kappa shape index (κ3) is 4.12. The average molecular weight is 301 g/mol. The maximum Gasteiger partial charge on any atom is 0.253 e. The Balaban J connectivity index is 2.05. The van der Waals surface area contributed by atoms with E-state index in [4.69, 9.17) is 0 Å². The molecule has 114 valence electrons. The molecule has 0 aliphatic carbocycles. The monoisotopic (exact) mass is 301 g/mol. The van der Waals surface area contributed by atoms with E-state index in [-0.39, 0.29) is 17.3 Å². The van der Waals surface area contributed by atoms with Crippen LogP contribution in [0.3, 0.4) is 0 Å². The number of hydrogen-bond acceptors (Lipinski definition) is 3. The van der Waals surface area contributed by atoms with Crippen molar-refractivity contribution in [2.24, 2.45) is 0 Å². The Morgan fingerprint density at radius 3 is 2.73 bits per heavy atom. The van der Waals surface area contributed by atoms with E-state index in [1.54, 1.807) is 25.1 Å². The number of nitrogens with one attached hydrogen (secondary N) is 1. The third-order valence-electron chi connectivity index (χ3n) is 2.99. The quantitative estimate of drug-likeness (QED) is 0.856. The SMILES string of the molecule is C/C=C/C(=O)NCCn1cnc(-c2ccc(F)cc2)cc1=O. The zero-order chi connectivity index (χ0) is 15.9. The molecule has 1 aromatic heterocycles. The van der Waals surface area contributed by atoms with Crippen LogP contribution in [0.1, 0.15) is 6.92 Å². The van der Waals surface area contributed by atoms with E-state index in [2.05, 4.69) is 10.3 Å². The van der Waals surface area contributed by atoms with Crippen LogP contribution in [0.25, 0.3) is 11.3 Å². The lowest BCUT2D eigenvalue weighted by atomic mass is 10.1. The topological polar surface area (TPSA) is 64.0 Å². The zero-order valence-corrected chi connectivity index (χ0v) is 12.1. The minimum absolute atomic E-state index is 0.202. The first-order valence-corrected chi connectivity index (χ1v) is 6.83. The molecular formula is C16H16FN3O2. The maximum atomic E-state index is 12.9. The van der Waals surface area contributed by atoms with Gasteiger partial charge < -0.3 is 5.32 Å². The minimum Gasteiger partial charge on any atom is -0.351 e. The lowest BCUT2D eigenvalue weighted by Crippen LogP contribution is -2.29. The Morgan fingerprint density at radius 2 is 2.09 bits per heavy atom. The van der Waals surface area contributed by atoms with Crippen molar-refractivity contribution in [2.45, 2.75) is 13.5 Å². The molecular weight excluding hydrogens is 285 g/mol. The van der Waals surface area contributed by atoms with Crippen molar-refractivity contribution >= 4 is 5.91 Å². The largest absolute Gasteiger partial charge is 0.351 e. The van der Waals surface area contributed by atoms with Crippen LogP contribution in [0.4, 0.5) is 4.39 Å². The molecule has 2 aromatic rings. The number of carbonyl (C=O) groups excluding carboxylic acids is 1. The van der Waals surface area contributed by atoms with E-state index in [1.165, 1.54) is 35.2 Å². The highest BCUT2D eigenvalue weighted by Crippen LogP contribution is 2.14. The van der Waals surface area contributed by atoms with E-state index >= 15 is 0 Å². The Bertz CT molecular complexity index is 736. The second kappa shape index (κ2) is 7.31. The van der Waals surface area contributed by atoms with Gasteiger partial charge in [0.2, 0.25) is 5.91 Å². The van der Waals surface area contributed by atoms with Gasteiger partial charge in [0, 0.05) is 24.7 Å². The van der Waals surface area contributed by atoms with Crippen molar-refractivity contribution in [2.75, 3.05) is 6.54 Å². The summed E-state index contributed by atoms with van der Waals surface area (Å²) in [4.78, 5) is 27.4. The molecule has 0 saturated carbocycles. The number of benzene rings is 1. The molecule has 1 N–H and O–H groups in total. The molecule has 0 saturated heterocycles. The summed E-state index contributed by atoms with van der Waals surface area (Å²) in [6.07, 6.45) is 4.47. The average Bonchev–Trinajstić information content (AvgIpc) is 2.50. The van der Waals surface area contributed by atoms with Crippen molar-refractivity contribution in [3.05, 3.63) is 65.0 Å². The molecule has 1 amide bonds. The summed E-state index contributed by atoms with van der Waals surface area (Å²) in [6, 6.07) is 7.16. The molecule has 2 rings (SSSR count). The fourth-order valence-electron chi connectivity index (χ4n) is 1.88. The summed E-state index contributed by atoms with van der Waals surface area (Å²) in [5.74, 6) is -0.541. The van der Waals surface area contributed by atoms with Gasteiger partial charge in [0.25, 0.3) is 5.56 Å². The lowest BCUT2D eigenvalue weighted by molar-refractivity contribution is -0.116. The number of halogens is 1. The highest BCUT2D eigenvalue weighted by molar-refractivity contribution is 5.87. The number of carbonyl (C=O) groups is 1. The van der Waals surface area contributed by atoms with E-state index in [1.807, 2.05) is 0 Å². The molecule has 0 spiro atoms. The smallest absolute Gasteiger partial charge is 0.253 e. The first-order chi connectivity index (χ1) is 10.6. The summed E-state index contributed by atoms with van der Waals surface area (Å²) in [6.45, 7) is 2.42. The van der Waals surface area contributed by atoms with Crippen LogP contribution in [0, 0.1) is 5.82 Å². The van der Waals surface area contributed by atoms with Gasteiger partial charge in [-0.3, -0.25) is 14.2 Å². The molecule has 5 nitrogen and oxygen atoms in total. The van der Waals surface area contributed by atoms with Gasteiger partial charge >= 0.3 is 0 Å². The lowest BCUT2D eigenvalue weighted by Gasteiger charge is -2.07. The minimum atomic E-state index is -0.339. The Hall–Kier alpha value is -2.76. The molecule has 0 aliphatic heterocycles. The number of amides is 1. The molecule has 0 fully saturated rings. The van der Waals surface area contributed by atoms with Crippen LogP contribution in [0.5, 0.6) is 0 Å². The number of aromatic nitrogens is 2.